The van der Waals surface area contributed by atoms with Gasteiger partial charge in [0.15, 0.2) is 0 Å². The first-order valence-electron chi connectivity index (χ1n) is 9.28. The quantitative estimate of drug-likeness (QED) is 0.625. The summed E-state index contributed by atoms with van der Waals surface area (Å²) in [5, 5.41) is 2.74. The van der Waals surface area contributed by atoms with Gasteiger partial charge in [-0.1, -0.05) is 12.1 Å². The number of nitrogens with zero attached hydrogens (tertiary/aromatic N) is 2. The average molecular weight is 428 g/mol. The second kappa shape index (κ2) is 9.04. The maximum Gasteiger partial charge on any atom is 0.247 e. The number of benzene rings is 2. The maximum atomic E-state index is 13.2. The van der Waals surface area contributed by atoms with Crippen LogP contribution in [-0.4, -0.2) is 31.6 Å². The minimum atomic E-state index is -3.76. The number of rotatable bonds is 7. The monoisotopic (exact) mass is 427 g/mol. The lowest BCUT2D eigenvalue weighted by Crippen LogP contribution is -2.45. The number of anilines is 2. The highest BCUT2D eigenvalue weighted by atomic mass is 32.2. The highest BCUT2D eigenvalue weighted by Crippen LogP contribution is 2.22. The molecule has 6 nitrogen and oxygen atoms in total. The summed E-state index contributed by atoms with van der Waals surface area (Å²) in [6.45, 7) is 1.48. The van der Waals surface area contributed by atoms with Crippen molar-refractivity contribution >= 4 is 27.3 Å². The predicted octanol–water partition coefficient (Wildman–Crippen LogP) is 3.60. The van der Waals surface area contributed by atoms with E-state index in [4.69, 9.17) is 0 Å². The maximum absolute atomic E-state index is 13.2. The fourth-order valence-corrected chi connectivity index (χ4v) is 4.26. The number of halogens is 1. The lowest BCUT2D eigenvalue weighted by atomic mass is 10.1. The Labute approximate surface area is 175 Å². The van der Waals surface area contributed by atoms with Gasteiger partial charge in [-0.2, -0.15) is 0 Å². The van der Waals surface area contributed by atoms with Crippen molar-refractivity contribution < 1.29 is 17.6 Å². The van der Waals surface area contributed by atoms with Crippen LogP contribution in [0.25, 0.3) is 0 Å². The molecule has 1 unspecified atom stereocenters. The number of pyridine rings is 1. The zero-order valence-corrected chi connectivity index (χ0v) is 17.4. The van der Waals surface area contributed by atoms with E-state index in [1.165, 1.54) is 19.1 Å². The van der Waals surface area contributed by atoms with Crippen LogP contribution >= 0.6 is 0 Å². The minimum absolute atomic E-state index is 0.217. The Bertz CT molecular complexity index is 1100. The number of amides is 1. The summed E-state index contributed by atoms with van der Waals surface area (Å²) in [5.41, 5.74) is 2.96. The Morgan fingerprint density at radius 3 is 2.13 bits per heavy atom. The zero-order chi connectivity index (χ0) is 21.7. The Morgan fingerprint density at radius 1 is 1.00 bits per heavy atom. The van der Waals surface area contributed by atoms with Crippen LogP contribution in [0.5, 0.6) is 0 Å². The van der Waals surface area contributed by atoms with Gasteiger partial charge in [0.05, 0.1) is 11.9 Å². The number of aromatic nitrogens is 1. The second-order valence-corrected chi connectivity index (χ2v) is 8.79. The van der Waals surface area contributed by atoms with Crippen LogP contribution in [0.1, 0.15) is 18.1 Å². The van der Waals surface area contributed by atoms with Crippen molar-refractivity contribution in [3.8, 4) is 0 Å². The smallest absolute Gasteiger partial charge is 0.247 e. The second-order valence-electron chi connectivity index (χ2n) is 6.93. The molecular weight excluding hydrogens is 405 g/mol. The molecule has 0 bridgehead atoms. The number of hydrogen-bond acceptors (Lipinski definition) is 4. The van der Waals surface area contributed by atoms with E-state index in [-0.39, 0.29) is 5.69 Å². The molecule has 0 fully saturated rings. The molecule has 0 saturated carbocycles. The SMILES string of the molecule is CC(C(=O)Nc1ccc(Cc2ccncc2)cc1)N(c1ccc(F)cc1)S(C)(=O)=O. The molecule has 3 aromatic rings. The molecule has 1 amide bonds. The van der Waals surface area contributed by atoms with Gasteiger partial charge >= 0.3 is 0 Å². The molecule has 156 valence electrons. The molecule has 30 heavy (non-hydrogen) atoms. The number of carbonyl (C=O) groups excluding carboxylic acids is 1. The highest BCUT2D eigenvalue weighted by molar-refractivity contribution is 7.92. The molecule has 0 radical (unpaired) electrons. The van der Waals surface area contributed by atoms with E-state index in [2.05, 4.69) is 10.3 Å². The van der Waals surface area contributed by atoms with Crippen molar-refractivity contribution in [2.75, 3.05) is 15.9 Å². The van der Waals surface area contributed by atoms with E-state index in [0.717, 1.165) is 40.2 Å². The lowest BCUT2D eigenvalue weighted by Gasteiger charge is -2.28. The molecule has 1 aromatic heterocycles. The largest absolute Gasteiger partial charge is 0.324 e. The summed E-state index contributed by atoms with van der Waals surface area (Å²) in [5.74, 6) is -0.984. The molecule has 1 heterocycles. The first-order valence-corrected chi connectivity index (χ1v) is 11.1. The zero-order valence-electron chi connectivity index (χ0n) is 16.6. The van der Waals surface area contributed by atoms with Gasteiger partial charge in [0.1, 0.15) is 11.9 Å². The third-order valence-electron chi connectivity index (χ3n) is 4.55. The van der Waals surface area contributed by atoms with Crippen molar-refractivity contribution in [2.45, 2.75) is 19.4 Å². The third-order valence-corrected chi connectivity index (χ3v) is 5.79. The topological polar surface area (TPSA) is 79.4 Å². The Hall–Kier alpha value is -3.26. The van der Waals surface area contributed by atoms with Crippen LogP contribution in [0.2, 0.25) is 0 Å². The van der Waals surface area contributed by atoms with E-state index in [1.807, 2.05) is 24.3 Å². The Kier molecular flexibility index (Phi) is 6.47. The fraction of sp³-hybridized carbons (Fsp3) is 0.182. The van der Waals surface area contributed by atoms with Crippen molar-refractivity contribution in [1.82, 2.24) is 4.98 Å². The standard InChI is InChI=1S/C22H22FN3O3S/c1-16(26(30(2,28)29)21-9-5-19(23)6-10-21)22(27)25-20-7-3-17(4-8-20)15-18-11-13-24-14-12-18/h3-14,16H,15H2,1-2H3,(H,25,27). The number of nitrogens with one attached hydrogen (secondary N) is 1. The van der Waals surface area contributed by atoms with Crippen molar-refractivity contribution in [2.24, 2.45) is 0 Å². The average Bonchev–Trinajstić information content (AvgIpc) is 2.71. The molecule has 1 N–H and O–H groups in total. The van der Waals surface area contributed by atoms with E-state index in [1.54, 1.807) is 24.5 Å². The summed E-state index contributed by atoms with van der Waals surface area (Å²) in [7, 11) is -3.76. The molecule has 0 aliphatic heterocycles. The molecule has 0 aliphatic carbocycles. The molecule has 0 aliphatic rings. The van der Waals surface area contributed by atoms with Crippen molar-refractivity contribution in [1.29, 1.82) is 0 Å². The molecular formula is C22H22FN3O3S. The van der Waals surface area contributed by atoms with Crippen LogP contribution in [0.15, 0.2) is 73.1 Å². The van der Waals surface area contributed by atoms with Gasteiger partial charge in [-0.15, -0.1) is 0 Å². The van der Waals surface area contributed by atoms with E-state index >= 15 is 0 Å². The van der Waals surface area contributed by atoms with Crippen LogP contribution in [-0.2, 0) is 21.2 Å². The summed E-state index contributed by atoms with van der Waals surface area (Å²) in [4.78, 5) is 16.7. The normalized spacial score (nSPS) is 12.2. The van der Waals surface area contributed by atoms with E-state index in [0.29, 0.717) is 5.69 Å². The molecule has 8 heteroatoms. The van der Waals surface area contributed by atoms with Crippen LogP contribution in [0, 0.1) is 5.82 Å². The van der Waals surface area contributed by atoms with Gasteiger partial charge in [0, 0.05) is 18.1 Å². The van der Waals surface area contributed by atoms with Crippen LogP contribution < -0.4 is 9.62 Å². The molecule has 1 atom stereocenters. The molecule has 3 rings (SSSR count). The number of sulfonamides is 1. The third kappa shape index (κ3) is 5.42. The molecule has 0 saturated heterocycles. The molecule has 0 spiro atoms. The predicted molar refractivity (Wildman–Crippen MR) is 115 cm³/mol. The summed E-state index contributed by atoms with van der Waals surface area (Å²) in [6, 6.07) is 15.1. The van der Waals surface area contributed by atoms with Crippen molar-refractivity contribution in [3.05, 3.63) is 90.0 Å². The summed E-state index contributed by atoms with van der Waals surface area (Å²) < 4.78 is 38.7. The Morgan fingerprint density at radius 2 is 1.57 bits per heavy atom. The number of hydrogen-bond donors (Lipinski definition) is 1. The van der Waals surface area contributed by atoms with Gasteiger partial charge < -0.3 is 5.32 Å². The Balaban J connectivity index is 1.72. The number of carbonyl (C=O) groups is 1. The molecule has 2 aromatic carbocycles. The first-order chi connectivity index (χ1) is 14.2. The van der Waals surface area contributed by atoms with E-state index < -0.39 is 27.8 Å². The fourth-order valence-electron chi connectivity index (χ4n) is 3.09. The van der Waals surface area contributed by atoms with Gasteiger partial charge in [0.2, 0.25) is 15.9 Å². The summed E-state index contributed by atoms with van der Waals surface area (Å²) >= 11 is 0. The minimum Gasteiger partial charge on any atom is -0.324 e. The first kappa shape index (κ1) is 21.4. The lowest BCUT2D eigenvalue weighted by molar-refractivity contribution is -0.116. The van der Waals surface area contributed by atoms with Gasteiger partial charge in [-0.25, -0.2) is 12.8 Å². The van der Waals surface area contributed by atoms with Gasteiger partial charge in [-0.05, 0) is 73.0 Å². The van der Waals surface area contributed by atoms with Crippen LogP contribution in [0.3, 0.4) is 0 Å². The van der Waals surface area contributed by atoms with Gasteiger partial charge in [0.25, 0.3) is 0 Å². The van der Waals surface area contributed by atoms with Crippen LogP contribution in [0.4, 0.5) is 15.8 Å². The van der Waals surface area contributed by atoms with Crippen molar-refractivity contribution in [3.63, 3.8) is 0 Å². The summed E-state index contributed by atoms with van der Waals surface area (Å²) in [6.07, 6.45) is 5.22. The highest BCUT2D eigenvalue weighted by Gasteiger charge is 2.29. The van der Waals surface area contributed by atoms with Gasteiger partial charge in [-0.3, -0.25) is 14.1 Å². The van der Waals surface area contributed by atoms with E-state index in [9.17, 15) is 17.6 Å².